The Morgan fingerprint density at radius 2 is 1.70 bits per heavy atom. The van der Waals surface area contributed by atoms with Crippen molar-refractivity contribution in [3.05, 3.63) is 88.7 Å². The van der Waals surface area contributed by atoms with Gasteiger partial charge < -0.3 is 10.3 Å². The Hall–Kier alpha value is -2.78. The van der Waals surface area contributed by atoms with Crippen LogP contribution in [0.2, 0.25) is 5.02 Å². The van der Waals surface area contributed by atoms with Gasteiger partial charge in [0.1, 0.15) is 0 Å². The predicted molar refractivity (Wildman–Crippen MR) is 93.2 cm³/mol. The number of halogens is 1. The number of carbonyl (C=O) groups is 1. The average Bonchev–Trinajstić information content (AvgIpc) is 3.18. The van der Waals surface area contributed by atoms with E-state index in [1.165, 1.54) is 0 Å². The van der Waals surface area contributed by atoms with E-state index in [1.54, 1.807) is 0 Å². The molecule has 0 unspecified atom stereocenters. The molecule has 1 aliphatic rings. The van der Waals surface area contributed by atoms with Gasteiger partial charge in [0.25, 0.3) is 5.91 Å². The number of anilines is 1. The Bertz CT molecular complexity index is 909. The van der Waals surface area contributed by atoms with Crippen molar-refractivity contribution in [2.24, 2.45) is 0 Å². The first-order valence-corrected chi connectivity index (χ1v) is 7.66. The Morgan fingerprint density at radius 1 is 0.913 bits per heavy atom. The molecule has 0 saturated carbocycles. The summed E-state index contributed by atoms with van der Waals surface area (Å²) in [5, 5.41) is 3.60. The van der Waals surface area contributed by atoms with Gasteiger partial charge in [0.05, 0.1) is 5.57 Å². The number of benzene rings is 2. The van der Waals surface area contributed by atoms with E-state index in [4.69, 9.17) is 11.6 Å². The van der Waals surface area contributed by atoms with E-state index in [0.29, 0.717) is 10.6 Å². The van der Waals surface area contributed by atoms with Crippen LogP contribution in [0.3, 0.4) is 0 Å². The molecule has 0 radical (unpaired) electrons. The van der Waals surface area contributed by atoms with Gasteiger partial charge in [-0.05, 0) is 35.9 Å². The van der Waals surface area contributed by atoms with Crippen LogP contribution in [0.1, 0.15) is 16.8 Å². The van der Waals surface area contributed by atoms with Crippen LogP contribution in [0.25, 0.3) is 11.1 Å². The Balaban J connectivity index is 2.02. The van der Waals surface area contributed by atoms with Crippen LogP contribution in [0.5, 0.6) is 0 Å². The molecule has 0 bridgehead atoms. The minimum Gasteiger partial charge on any atom is -0.361 e. The van der Waals surface area contributed by atoms with Crippen LogP contribution in [0, 0.1) is 0 Å². The Labute approximate surface area is 138 Å². The highest BCUT2D eigenvalue weighted by molar-refractivity contribution is 6.38. The van der Waals surface area contributed by atoms with Crippen molar-refractivity contribution in [1.82, 2.24) is 4.98 Å². The largest absolute Gasteiger partial charge is 0.361 e. The van der Waals surface area contributed by atoms with Crippen LogP contribution in [0.15, 0.2) is 66.9 Å². The summed E-state index contributed by atoms with van der Waals surface area (Å²) in [7, 11) is 0. The number of hydrogen-bond acceptors (Lipinski definition) is 1. The molecule has 3 nitrogen and oxygen atoms in total. The fourth-order valence-corrected chi connectivity index (χ4v) is 3.03. The minimum absolute atomic E-state index is 0.0919. The number of carbonyl (C=O) groups excluding carboxylic acids is 1. The second-order valence-electron chi connectivity index (χ2n) is 5.34. The molecule has 0 aliphatic carbocycles. The minimum atomic E-state index is -0.0919. The molecule has 2 N–H and O–H groups in total. The second kappa shape index (κ2) is 5.45. The van der Waals surface area contributed by atoms with Crippen LogP contribution in [0.4, 0.5) is 5.69 Å². The maximum absolute atomic E-state index is 12.6. The zero-order chi connectivity index (χ0) is 15.8. The fraction of sp³-hybridized carbons (Fsp3) is 0. The van der Waals surface area contributed by atoms with E-state index in [-0.39, 0.29) is 5.91 Å². The molecule has 0 saturated heterocycles. The van der Waals surface area contributed by atoms with Crippen molar-refractivity contribution >= 4 is 34.3 Å². The third-order valence-electron chi connectivity index (χ3n) is 3.92. The van der Waals surface area contributed by atoms with Gasteiger partial charge in [-0.3, -0.25) is 4.79 Å². The van der Waals surface area contributed by atoms with Crippen molar-refractivity contribution in [1.29, 1.82) is 0 Å². The quantitative estimate of drug-likeness (QED) is 0.667. The number of para-hydroxylation sites is 1. The van der Waals surface area contributed by atoms with Crippen molar-refractivity contribution in [2.75, 3.05) is 5.32 Å². The van der Waals surface area contributed by atoms with Gasteiger partial charge in [-0.15, -0.1) is 0 Å². The van der Waals surface area contributed by atoms with Gasteiger partial charge in [0, 0.05) is 33.7 Å². The molecule has 4 rings (SSSR count). The summed E-state index contributed by atoms with van der Waals surface area (Å²) in [6.07, 6.45) is 1.85. The molecule has 4 heteroatoms. The van der Waals surface area contributed by atoms with Gasteiger partial charge >= 0.3 is 0 Å². The van der Waals surface area contributed by atoms with Crippen LogP contribution in [-0.2, 0) is 4.79 Å². The van der Waals surface area contributed by atoms with Crippen LogP contribution >= 0.6 is 11.6 Å². The Morgan fingerprint density at radius 3 is 2.43 bits per heavy atom. The zero-order valence-electron chi connectivity index (χ0n) is 12.1. The van der Waals surface area contributed by atoms with E-state index in [1.807, 2.05) is 66.9 Å². The number of nitrogens with one attached hydrogen (secondary N) is 2. The van der Waals surface area contributed by atoms with Crippen LogP contribution in [-0.4, -0.2) is 10.9 Å². The van der Waals surface area contributed by atoms with E-state index < -0.39 is 0 Å². The van der Waals surface area contributed by atoms with Crippen LogP contribution < -0.4 is 5.32 Å². The summed E-state index contributed by atoms with van der Waals surface area (Å²) in [6, 6.07) is 19.1. The highest BCUT2D eigenvalue weighted by Gasteiger charge is 2.28. The smallest absolute Gasteiger partial charge is 0.257 e. The van der Waals surface area contributed by atoms with E-state index in [0.717, 1.165) is 28.1 Å². The van der Waals surface area contributed by atoms with Gasteiger partial charge in [-0.2, -0.15) is 0 Å². The lowest BCUT2D eigenvalue weighted by molar-refractivity contribution is -0.110. The Kier molecular flexibility index (Phi) is 3.28. The topological polar surface area (TPSA) is 44.9 Å². The normalized spacial score (nSPS) is 15.3. The standard InChI is InChI=1S/C19H13ClN2O/c20-13-9-7-12(8-10-13)17(16-6-3-11-21-16)18-14-4-1-2-5-15(14)22-19(18)23/h1-11,21H,(H,22,23). The van der Waals surface area contributed by atoms with Crippen molar-refractivity contribution in [2.45, 2.75) is 0 Å². The van der Waals surface area contributed by atoms with Gasteiger partial charge in [0.15, 0.2) is 0 Å². The summed E-state index contributed by atoms with van der Waals surface area (Å²) in [5.74, 6) is -0.0919. The summed E-state index contributed by atoms with van der Waals surface area (Å²) in [6.45, 7) is 0. The number of aromatic amines is 1. The zero-order valence-corrected chi connectivity index (χ0v) is 12.9. The lowest BCUT2D eigenvalue weighted by Gasteiger charge is -2.10. The highest BCUT2D eigenvalue weighted by atomic mass is 35.5. The molecule has 3 aromatic rings. The molecule has 0 spiro atoms. The van der Waals surface area contributed by atoms with E-state index in [9.17, 15) is 4.79 Å². The number of fused-ring (bicyclic) bond motifs is 1. The van der Waals surface area contributed by atoms with Crippen molar-refractivity contribution in [3.63, 3.8) is 0 Å². The molecule has 0 fully saturated rings. The summed E-state index contributed by atoms with van der Waals surface area (Å²) < 4.78 is 0. The summed E-state index contributed by atoms with van der Waals surface area (Å²) in [5.41, 5.74) is 5.13. The lowest BCUT2D eigenvalue weighted by atomic mass is 9.93. The lowest BCUT2D eigenvalue weighted by Crippen LogP contribution is -2.06. The molecule has 1 aliphatic heterocycles. The molecule has 1 aromatic heterocycles. The predicted octanol–water partition coefficient (Wildman–Crippen LogP) is 4.58. The van der Waals surface area contributed by atoms with Gasteiger partial charge in [-0.1, -0.05) is 41.9 Å². The van der Waals surface area contributed by atoms with Crippen molar-refractivity contribution < 1.29 is 4.79 Å². The number of aromatic nitrogens is 1. The number of hydrogen-bond donors (Lipinski definition) is 2. The molecule has 112 valence electrons. The monoisotopic (exact) mass is 320 g/mol. The van der Waals surface area contributed by atoms with Gasteiger partial charge in [-0.25, -0.2) is 0 Å². The first-order valence-electron chi connectivity index (χ1n) is 7.29. The maximum atomic E-state index is 12.6. The number of amides is 1. The maximum Gasteiger partial charge on any atom is 0.257 e. The SMILES string of the molecule is O=C1Nc2ccccc2C1=C(c1ccc(Cl)cc1)c1ccc[nH]1. The molecule has 2 aromatic carbocycles. The summed E-state index contributed by atoms with van der Waals surface area (Å²) in [4.78, 5) is 15.8. The summed E-state index contributed by atoms with van der Waals surface area (Å²) >= 11 is 6.01. The fourth-order valence-electron chi connectivity index (χ4n) is 2.90. The molecule has 23 heavy (non-hydrogen) atoms. The van der Waals surface area contributed by atoms with Gasteiger partial charge in [0.2, 0.25) is 0 Å². The average molecular weight is 321 g/mol. The third-order valence-corrected chi connectivity index (χ3v) is 4.17. The molecular formula is C19H13ClN2O. The van der Waals surface area contributed by atoms with Crippen molar-refractivity contribution in [3.8, 4) is 0 Å². The number of rotatable bonds is 2. The highest BCUT2D eigenvalue weighted by Crippen LogP contribution is 2.39. The number of H-pyrrole nitrogens is 1. The first kappa shape index (κ1) is 13.9. The molecule has 1 amide bonds. The molecule has 2 heterocycles. The molecule has 0 atom stereocenters. The molecular weight excluding hydrogens is 308 g/mol. The van der Waals surface area contributed by atoms with E-state index >= 15 is 0 Å². The third kappa shape index (κ3) is 2.35. The van der Waals surface area contributed by atoms with E-state index in [2.05, 4.69) is 10.3 Å². The second-order valence-corrected chi connectivity index (χ2v) is 5.78. The first-order chi connectivity index (χ1) is 11.2.